The summed E-state index contributed by atoms with van der Waals surface area (Å²) in [5.74, 6) is -1.90. The smallest absolute Gasteiger partial charge is 0.247 e. The highest BCUT2D eigenvalue weighted by Gasteiger charge is 2.78. The Balaban J connectivity index is 1.67. The Labute approximate surface area is 285 Å². The van der Waals surface area contributed by atoms with E-state index in [-0.39, 0.29) is 29.7 Å². The summed E-state index contributed by atoms with van der Waals surface area (Å²) >= 11 is 1.65. The third-order valence-corrected chi connectivity index (χ3v) is 12.3. The van der Waals surface area contributed by atoms with Crippen LogP contribution in [-0.4, -0.2) is 73.4 Å². The van der Waals surface area contributed by atoms with Gasteiger partial charge in [-0.25, -0.2) is 0 Å². The van der Waals surface area contributed by atoms with E-state index in [0.29, 0.717) is 25.9 Å². The molecule has 2 bridgehead atoms. The number of carbonyl (C=O) groups excluding carboxylic acids is 3. The molecule has 3 heterocycles. The van der Waals surface area contributed by atoms with E-state index in [9.17, 15) is 9.90 Å². The van der Waals surface area contributed by atoms with Crippen molar-refractivity contribution in [2.45, 2.75) is 87.9 Å². The molecule has 2 unspecified atom stereocenters. The molecule has 0 radical (unpaired) electrons. The van der Waals surface area contributed by atoms with Crippen molar-refractivity contribution in [2.75, 3.05) is 24.6 Å². The molecular weight excluding hydrogens is 607 g/mol. The van der Waals surface area contributed by atoms with Gasteiger partial charge in [0.1, 0.15) is 6.04 Å². The zero-order valence-electron chi connectivity index (χ0n) is 28.8. The normalized spacial score (nSPS) is 27.3. The lowest BCUT2D eigenvalue weighted by Crippen LogP contribution is -2.60. The lowest BCUT2D eigenvalue weighted by atomic mass is 9.66. The molecule has 2 aromatic rings. The molecule has 5 rings (SSSR count). The summed E-state index contributed by atoms with van der Waals surface area (Å²) in [4.78, 5) is 50.5. The summed E-state index contributed by atoms with van der Waals surface area (Å²) in [5, 5.41) is 10.9. The van der Waals surface area contributed by atoms with Crippen LogP contribution >= 0.6 is 11.8 Å². The van der Waals surface area contributed by atoms with Crippen LogP contribution in [0.25, 0.3) is 0 Å². The maximum absolute atomic E-state index is 15.3. The first-order valence-electron chi connectivity index (χ1n) is 16.7. The highest BCUT2D eigenvalue weighted by Crippen LogP contribution is 2.72. The minimum absolute atomic E-state index is 0.0650. The summed E-state index contributed by atoms with van der Waals surface area (Å²) in [6.07, 6.45) is 5.52. The van der Waals surface area contributed by atoms with E-state index in [1.165, 1.54) is 0 Å². The molecule has 6 atom stereocenters. The van der Waals surface area contributed by atoms with Gasteiger partial charge in [0.2, 0.25) is 17.7 Å². The number of aliphatic hydroxyl groups is 1. The van der Waals surface area contributed by atoms with Gasteiger partial charge in [0.15, 0.2) is 0 Å². The average molecular weight is 658 g/mol. The molecular formula is C39H51N3O4S. The molecule has 8 heteroatoms. The number of rotatable bonds is 12. The molecule has 3 fully saturated rings. The predicted molar refractivity (Wildman–Crippen MR) is 191 cm³/mol. The van der Waals surface area contributed by atoms with E-state index in [1.807, 2.05) is 65.6 Å². The second kappa shape index (κ2) is 12.9. The van der Waals surface area contributed by atoms with E-state index in [2.05, 4.69) is 54.7 Å². The van der Waals surface area contributed by atoms with Crippen molar-refractivity contribution in [2.24, 2.45) is 17.3 Å². The number of benzene rings is 2. The number of aliphatic hydroxyl groups excluding tert-OH is 1. The first kappa shape index (κ1) is 35.0. The molecule has 3 saturated heterocycles. The summed E-state index contributed by atoms with van der Waals surface area (Å²) in [6, 6.07) is 17.3. The molecule has 3 aliphatic rings. The van der Waals surface area contributed by atoms with Crippen molar-refractivity contribution in [1.29, 1.82) is 0 Å². The summed E-state index contributed by atoms with van der Waals surface area (Å²) < 4.78 is -1.37. The second-order valence-electron chi connectivity index (χ2n) is 15.4. The molecule has 47 heavy (non-hydrogen) atoms. The van der Waals surface area contributed by atoms with Gasteiger partial charge in [-0.15, -0.1) is 24.9 Å². The van der Waals surface area contributed by atoms with Crippen LogP contribution < -0.4 is 4.90 Å². The Kier molecular flexibility index (Phi) is 9.61. The van der Waals surface area contributed by atoms with Gasteiger partial charge in [-0.2, -0.15) is 0 Å². The first-order valence-corrected chi connectivity index (χ1v) is 17.6. The molecule has 252 valence electrons. The number of carbonyl (C=O) groups is 3. The van der Waals surface area contributed by atoms with Gasteiger partial charge in [-0.3, -0.25) is 14.4 Å². The van der Waals surface area contributed by atoms with Gasteiger partial charge < -0.3 is 19.8 Å². The van der Waals surface area contributed by atoms with Crippen molar-refractivity contribution >= 4 is 35.2 Å². The van der Waals surface area contributed by atoms with Crippen molar-refractivity contribution in [3.8, 4) is 0 Å². The minimum Gasteiger partial charge on any atom is -0.394 e. The third kappa shape index (κ3) is 6.08. The Morgan fingerprint density at radius 3 is 2.13 bits per heavy atom. The van der Waals surface area contributed by atoms with Crippen molar-refractivity contribution in [3.05, 3.63) is 91.5 Å². The molecule has 0 aliphatic carbocycles. The largest absolute Gasteiger partial charge is 0.394 e. The van der Waals surface area contributed by atoms with Crippen molar-refractivity contribution < 1.29 is 19.5 Å². The molecule has 7 nitrogen and oxygen atoms in total. The number of hydrogen-bond acceptors (Lipinski definition) is 5. The highest BCUT2D eigenvalue weighted by molar-refractivity contribution is 8.02. The number of para-hydroxylation sites is 1. The van der Waals surface area contributed by atoms with Crippen LogP contribution in [0.1, 0.15) is 72.4 Å². The lowest BCUT2D eigenvalue weighted by molar-refractivity contribution is -0.149. The van der Waals surface area contributed by atoms with E-state index < -0.39 is 39.0 Å². The Morgan fingerprint density at radius 1 is 0.979 bits per heavy atom. The van der Waals surface area contributed by atoms with Gasteiger partial charge in [0.05, 0.1) is 29.2 Å². The van der Waals surface area contributed by atoms with Crippen LogP contribution in [0, 0.1) is 17.3 Å². The number of nitrogens with zero attached hydrogens (tertiary/aromatic N) is 3. The maximum atomic E-state index is 15.3. The van der Waals surface area contributed by atoms with Crippen molar-refractivity contribution in [3.63, 3.8) is 0 Å². The van der Waals surface area contributed by atoms with Crippen LogP contribution in [0.4, 0.5) is 5.69 Å². The van der Waals surface area contributed by atoms with Crippen LogP contribution in [0.3, 0.4) is 0 Å². The van der Waals surface area contributed by atoms with E-state index in [1.54, 1.807) is 33.7 Å². The molecule has 2 aromatic carbocycles. The number of amides is 3. The van der Waals surface area contributed by atoms with Gasteiger partial charge in [-0.05, 0) is 63.1 Å². The van der Waals surface area contributed by atoms with Gasteiger partial charge >= 0.3 is 0 Å². The van der Waals surface area contributed by atoms with Crippen molar-refractivity contribution in [1.82, 2.24) is 9.80 Å². The highest BCUT2D eigenvalue weighted by atomic mass is 32.2. The lowest BCUT2D eigenvalue weighted by Gasteiger charge is -2.46. The third-order valence-electron chi connectivity index (χ3n) is 10.3. The number of thioether (sulfide) groups is 1. The predicted octanol–water partition coefficient (Wildman–Crippen LogP) is 6.65. The van der Waals surface area contributed by atoms with Gasteiger partial charge in [0.25, 0.3) is 0 Å². The number of anilines is 1. The first-order chi connectivity index (χ1) is 22.2. The molecule has 0 saturated carbocycles. The minimum atomic E-state index is -0.870. The SMILES string of the molecule is C=CCN(C(=O)[C@H]1[C@H]2C(=O)N([C@H](CO)c3ccccc3)C(C(=O)N(CC=C)C(C)(C)CC(C)(C)C)C23CC[C@]1(C)S3)c1ccccc1. The average Bonchev–Trinajstić information content (AvgIpc) is 3.59. The van der Waals surface area contributed by atoms with Gasteiger partial charge in [0, 0.05) is 29.1 Å². The summed E-state index contributed by atoms with van der Waals surface area (Å²) in [7, 11) is 0. The molecule has 0 aromatic heterocycles. The van der Waals surface area contributed by atoms with Crippen LogP contribution in [-0.2, 0) is 14.4 Å². The van der Waals surface area contributed by atoms with Crippen LogP contribution in [0.5, 0.6) is 0 Å². The molecule has 1 spiro atoms. The Morgan fingerprint density at radius 2 is 1.57 bits per heavy atom. The molecule has 3 amide bonds. The van der Waals surface area contributed by atoms with E-state index in [4.69, 9.17) is 0 Å². The topological polar surface area (TPSA) is 81.2 Å². The number of hydrogen-bond donors (Lipinski definition) is 1. The van der Waals surface area contributed by atoms with Gasteiger partial charge in [-0.1, -0.05) is 81.5 Å². The quantitative estimate of drug-likeness (QED) is 0.259. The molecule has 3 aliphatic heterocycles. The second-order valence-corrected chi connectivity index (χ2v) is 17.3. The number of likely N-dealkylation sites (tertiary alicyclic amines) is 1. The number of fused-ring (bicyclic) bond motifs is 1. The Hall–Kier alpha value is -3.36. The fraction of sp³-hybridized carbons (Fsp3) is 0.513. The van der Waals surface area contributed by atoms with Crippen LogP contribution in [0.15, 0.2) is 86.0 Å². The monoisotopic (exact) mass is 657 g/mol. The molecule has 1 N–H and O–H groups in total. The van der Waals surface area contributed by atoms with Crippen LogP contribution in [0.2, 0.25) is 0 Å². The Bertz CT molecular complexity index is 1510. The summed E-state index contributed by atoms with van der Waals surface area (Å²) in [5.41, 5.74) is 0.886. The van der Waals surface area contributed by atoms with E-state index in [0.717, 1.165) is 17.7 Å². The zero-order valence-corrected chi connectivity index (χ0v) is 29.6. The summed E-state index contributed by atoms with van der Waals surface area (Å²) in [6.45, 7) is 20.9. The maximum Gasteiger partial charge on any atom is 0.247 e. The zero-order chi connectivity index (χ0) is 34.4. The van der Waals surface area contributed by atoms with E-state index >= 15 is 9.59 Å². The fourth-order valence-corrected chi connectivity index (χ4v) is 11.2. The standard InChI is InChI=1S/C39H51N3O4S/c1-9-23-40(28-19-15-12-16-20-28)33(44)30-31-34(45)42(29(25-43)27-17-13-11-14-18-27)32(39(31)22-21-38(30,8)47-39)35(46)41(24-10-2)37(6,7)26-36(3,4)5/h9-20,29-32,43H,1-2,21-26H2,3-8H3/t29-,30-,31+,32?,38+,39?/m1/s1. The fourth-order valence-electron chi connectivity index (χ4n) is 8.92.